The molecule has 0 aromatic carbocycles. The summed E-state index contributed by atoms with van der Waals surface area (Å²) in [5, 5.41) is 0. The van der Waals surface area contributed by atoms with Gasteiger partial charge in [-0.3, -0.25) is 14.2 Å². The van der Waals surface area contributed by atoms with Crippen molar-refractivity contribution in [2.75, 3.05) is 12.1 Å². The summed E-state index contributed by atoms with van der Waals surface area (Å²) >= 11 is 0. The predicted molar refractivity (Wildman–Crippen MR) is 93.4 cm³/mol. The summed E-state index contributed by atoms with van der Waals surface area (Å²) in [6, 6.07) is 1.31. The Morgan fingerprint density at radius 3 is 2.47 bits per heavy atom. The molecule has 2 fully saturated rings. The smallest absolute Gasteiger partial charge is 0.418 e. The number of hydrogen-bond donors (Lipinski definition) is 1. The Hall–Kier alpha value is -3.48. The molecule has 13 heteroatoms. The largest absolute Gasteiger partial charge is 0.463 e. The van der Waals surface area contributed by atoms with Crippen LogP contribution in [0.1, 0.15) is 27.0 Å². The molecule has 0 saturated carbocycles. The maximum absolute atomic E-state index is 12.4. The van der Waals surface area contributed by atoms with E-state index in [4.69, 9.17) is 18.9 Å². The van der Waals surface area contributed by atoms with Crippen molar-refractivity contribution >= 4 is 29.7 Å². The van der Waals surface area contributed by atoms with E-state index in [9.17, 15) is 24.0 Å². The van der Waals surface area contributed by atoms with Gasteiger partial charge in [0.25, 0.3) is 0 Å². The first-order valence-corrected chi connectivity index (χ1v) is 8.93. The highest BCUT2D eigenvalue weighted by Gasteiger charge is 2.55. The number of ether oxygens (including phenoxy) is 4. The molecule has 1 aromatic rings. The fourth-order valence-corrected chi connectivity index (χ4v) is 2.80. The van der Waals surface area contributed by atoms with Gasteiger partial charge >= 0.3 is 29.6 Å². The van der Waals surface area contributed by atoms with Crippen LogP contribution in [0.4, 0.5) is 5.82 Å². The predicted octanol–water partition coefficient (Wildman–Crippen LogP) is -0.933. The number of rotatable bonds is 6. The van der Waals surface area contributed by atoms with Crippen molar-refractivity contribution in [2.24, 2.45) is 5.92 Å². The number of fused-ring (bicyclic) bond motifs is 1. The summed E-state index contributed by atoms with van der Waals surface area (Å²) in [6.07, 6.45) is -3.17. The van der Waals surface area contributed by atoms with Gasteiger partial charge in [-0.25, -0.2) is 19.9 Å². The summed E-state index contributed by atoms with van der Waals surface area (Å²) < 4.78 is 22.0. The number of aromatic nitrogens is 2. The molecule has 162 valence electrons. The SMILES string of the molecule is CC(=O)ONc1ccn([C@@H]2O[C@H](COC(=O)C(C)C)[C@H]3OC(=O)C(=O)O[C@H]32)c(=O)n1. The van der Waals surface area contributed by atoms with Gasteiger partial charge in [0.15, 0.2) is 24.3 Å². The van der Waals surface area contributed by atoms with E-state index in [-0.39, 0.29) is 12.4 Å². The lowest BCUT2D eigenvalue weighted by molar-refractivity contribution is -0.195. The first kappa shape index (κ1) is 21.2. The Morgan fingerprint density at radius 1 is 1.20 bits per heavy atom. The zero-order chi connectivity index (χ0) is 22.0. The minimum absolute atomic E-state index is 0.0459. The van der Waals surface area contributed by atoms with Gasteiger partial charge in [0.2, 0.25) is 0 Å². The van der Waals surface area contributed by atoms with Gasteiger partial charge in [0, 0.05) is 19.2 Å². The van der Waals surface area contributed by atoms with Gasteiger partial charge in [0.05, 0.1) is 5.92 Å². The van der Waals surface area contributed by atoms with Gasteiger partial charge in [-0.2, -0.15) is 4.98 Å². The van der Waals surface area contributed by atoms with Crippen LogP contribution in [0.5, 0.6) is 0 Å². The third-order valence-corrected chi connectivity index (χ3v) is 4.20. The van der Waals surface area contributed by atoms with Crippen LogP contribution in [0.15, 0.2) is 17.1 Å². The number of esters is 3. The molecule has 1 N–H and O–H groups in total. The maximum Gasteiger partial charge on any atom is 0.418 e. The van der Waals surface area contributed by atoms with E-state index in [1.807, 2.05) is 0 Å². The molecule has 2 aliphatic heterocycles. The normalized spacial score (nSPS) is 25.2. The Labute approximate surface area is 169 Å². The van der Waals surface area contributed by atoms with E-state index < -0.39 is 60.0 Å². The number of carbonyl (C=O) groups is 4. The van der Waals surface area contributed by atoms with Crippen molar-refractivity contribution in [1.82, 2.24) is 9.55 Å². The molecule has 30 heavy (non-hydrogen) atoms. The van der Waals surface area contributed by atoms with Gasteiger partial charge in [-0.15, -0.1) is 0 Å². The van der Waals surface area contributed by atoms with Crippen LogP contribution >= 0.6 is 0 Å². The molecule has 2 saturated heterocycles. The molecule has 0 bridgehead atoms. The minimum atomic E-state index is -1.24. The molecule has 3 rings (SSSR count). The average Bonchev–Trinajstić information content (AvgIpc) is 3.02. The molecule has 0 spiro atoms. The van der Waals surface area contributed by atoms with E-state index in [2.05, 4.69) is 15.3 Å². The highest BCUT2D eigenvalue weighted by Crippen LogP contribution is 2.35. The second-order valence-corrected chi connectivity index (χ2v) is 6.79. The van der Waals surface area contributed by atoms with E-state index in [0.717, 1.165) is 11.5 Å². The quantitative estimate of drug-likeness (QED) is 0.258. The third kappa shape index (κ3) is 4.40. The highest BCUT2D eigenvalue weighted by molar-refractivity contribution is 6.30. The van der Waals surface area contributed by atoms with E-state index in [0.29, 0.717) is 0 Å². The molecule has 0 amide bonds. The van der Waals surface area contributed by atoms with Crippen LogP contribution < -0.4 is 11.2 Å². The lowest BCUT2D eigenvalue weighted by Gasteiger charge is -2.28. The molecule has 13 nitrogen and oxygen atoms in total. The van der Waals surface area contributed by atoms with Crippen LogP contribution in [-0.4, -0.2) is 58.3 Å². The zero-order valence-corrected chi connectivity index (χ0v) is 16.2. The summed E-state index contributed by atoms with van der Waals surface area (Å²) in [6.45, 7) is 4.16. The third-order valence-electron chi connectivity index (χ3n) is 4.20. The van der Waals surface area contributed by atoms with Gasteiger partial charge in [-0.05, 0) is 0 Å². The number of carbonyl (C=O) groups excluding carboxylic acids is 4. The fraction of sp³-hybridized carbons (Fsp3) is 0.529. The average molecular weight is 425 g/mol. The summed E-state index contributed by atoms with van der Waals surface area (Å²) in [4.78, 5) is 66.5. The number of anilines is 1. The van der Waals surface area contributed by atoms with E-state index in [1.54, 1.807) is 13.8 Å². The topological polar surface area (TPSA) is 161 Å². The molecule has 0 unspecified atom stereocenters. The van der Waals surface area contributed by atoms with Gasteiger partial charge in [0.1, 0.15) is 12.7 Å². The van der Waals surface area contributed by atoms with Crippen LogP contribution in [-0.2, 0) is 43.0 Å². The minimum Gasteiger partial charge on any atom is -0.463 e. The van der Waals surface area contributed by atoms with E-state index >= 15 is 0 Å². The monoisotopic (exact) mass is 425 g/mol. The van der Waals surface area contributed by atoms with Crippen LogP contribution in [0.25, 0.3) is 0 Å². The Bertz CT molecular complexity index is 927. The Kier molecular flexibility index (Phi) is 6.01. The fourth-order valence-electron chi connectivity index (χ4n) is 2.80. The van der Waals surface area contributed by atoms with Crippen molar-refractivity contribution in [2.45, 2.75) is 45.3 Å². The molecule has 4 atom stereocenters. The second-order valence-electron chi connectivity index (χ2n) is 6.79. The Morgan fingerprint density at radius 2 is 1.87 bits per heavy atom. The number of nitrogens with one attached hydrogen (secondary N) is 1. The standard InChI is InChI=1S/C17H19N3O10/c1-7(2)14(22)26-6-9-11-12(29-16(24)15(23)28-11)13(27-9)20-5-4-10(18-17(20)25)19-30-8(3)21/h4-5,7,9,11-13H,6H2,1-3H3,(H,18,19,25)/t9-,11-,12-,13-/m1/s1. The highest BCUT2D eigenvalue weighted by atomic mass is 16.7. The van der Waals surface area contributed by atoms with Crippen molar-refractivity contribution in [3.05, 3.63) is 22.7 Å². The lowest BCUT2D eigenvalue weighted by atomic mass is 10.1. The summed E-state index contributed by atoms with van der Waals surface area (Å²) in [5.74, 6) is -4.04. The second kappa shape index (κ2) is 8.49. The molecule has 0 aliphatic carbocycles. The molecule has 1 aromatic heterocycles. The number of hydrogen-bond acceptors (Lipinski definition) is 12. The van der Waals surface area contributed by atoms with E-state index in [1.165, 1.54) is 12.3 Å². The maximum atomic E-state index is 12.4. The zero-order valence-electron chi connectivity index (χ0n) is 16.2. The molecule has 2 aliphatic rings. The molecular weight excluding hydrogens is 406 g/mol. The van der Waals surface area contributed by atoms with Gasteiger partial charge < -0.3 is 23.8 Å². The molecule has 0 radical (unpaired) electrons. The van der Waals surface area contributed by atoms with Crippen molar-refractivity contribution in [3.63, 3.8) is 0 Å². The number of nitrogens with zero attached hydrogens (tertiary/aromatic N) is 2. The molecular formula is C17H19N3O10. The van der Waals surface area contributed by atoms with Gasteiger partial charge in [-0.1, -0.05) is 13.8 Å². The Balaban J connectivity index is 1.82. The first-order valence-electron chi connectivity index (χ1n) is 8.93. The summed E-state index contributed by atoms with van der Waals surface area (Å²) in [5.41, 5.74) is 1.37. The van der Waals surface area contributed by atoms with Crippen molar-refractivity contribution in [1.29, 1.82) is 0 Å². The van der Waals surface area contributed by atoms with Crippen molar-refractivity contribution < 1.29 is 43.0 Å². The van der Waals surface area contributed by atoms with Crippen LogP contribution in [0, 0.1) is 5.92 Å². The van der Waals surface area contributed by atoms with Crippen LogP contribution in [0.2, 0.25) is 0 Å². The summed E-state index contributed by atoms with van der Waals surface area (Å²) in [7, 11) is 0. The van der Waals surface area contributed by atoms with Crippen LogP contribution in [0.3, 0.4) is 0 Å². The van der Waals surface area contributed by atoms with Crippen molar-refractivity contribution in [3.8, 4) is 0 Å². The first-order chi connectivity index (χ1) is 14.2. The lowest BCUT2D eigenvalue weighted by Crippen LogP contribution is -2.49. The molecule has 3 heterocycles.